The smallest absolute Gasteiger partial charge is 0.308 e. The molecule has 0 radical (unpaired) electrons. The quantitative estimate of drug-likeness (QED) is 0.821. The van der Waals surface area contributed by atoms with E-state index in [-0.39, 0.29) is 12.3 Å². The monoisotopic (exact) mass is 336 g/mol. The molecule has 24 heavy (non-hydrogen) atoms. The molecule has 0 aliphatic carbocycles. The molecular formula is C16H24N4O4. The van der Waals surface area contributed by atoms with Gasteiger partial charge in [-0.25, -0.2) is 0 Å². The van der Waals surface area contributed by atoms with Gasteiger partial charge in [0.15, 0.2) is 0 Å². The second-order valence-electron chi connectivity index (χ2n) is 6.42. The van der Waals surface area contributed by atoms with Gasteiger partial charge in [-0.1, -0.05) is 0 Å². The molecule has 3 rings (SSSR count). The van der Waals surface area contributed by atoms with Crippen LogP contribution in [0, 0.1) is 5.92 Å². The highest BCUT2D eigenvalue weighted by atomic mass is 16.5. The van der Waals surface area contributed by atoms with Crippen molar-refractivity contribution in [2.45, 2.75) is 18.9 Å². The van der Waals surface area contributed by atoms with Gasteiger partial charge in [-0.2, -0.15) is 5.10 Å². The number of likely N-dealkylation sites (tertiary alicyclic amines) is 1. The number of carboxylic acid groups (broad SMARTS) is 1. The van der Waals surface area contributed by atoms with Crippen LogP contribution in [-0.2, 0) is 21.4 Å². The van der Waals surface area contributed by atoms with Gasteiger partial charge >= 0.3 is 5.97 Å². The Morgan fingerprint density at radius 1 is 1.38 bits per heavy atom. The molecule has 8 heteroatoms. The first kappa shape index (κ1) is 16.9. The van der Waals surface area contributed by atoms with Crippen LogP contribution in [0.2, 0.25) is 0 Å². The van der Waals surface area contributed by atoms with E-state index in [1.54, 1.807) is 29.0 Å². The number of amides is 1. The van der Waals surface area contributed by atoms with Crippen LogP contribution in [0.5, 0.6) is 0 Å². The van der Waals surface area contributed by atoms with E-state index < -0.39 is 17.9 Å². The van der Waals surface area contributed by atoms with Crippen molar-refractivity contribution in [1.29, 1.82) is 0 Å². The Bertz CT molecular complexity index is 597. The van der Waals surface area contributed by atoms with Crippen molar-refractivity contribution in [2.24, 2.45) is 13.0 Å². The molecule has 3 heterocycles. The predicted octanol–water partition coefficient (Wildman–Crippen LogP) is 0.117. The molecule has 0 saturated carbocycles. The van der Waals surface area contributed by atoms with E-state index >= 15 is 0 Å². The average molecular weight is 336 g/mol. The lowest BCUT2D eigenvalue weighted by molar-refractivity contribution is -0.152. The maximum atomic E-state index is 12.5. The summed E-state index contributed by atoms with van der Waals surface area (Å²) in [5, 5.41) is 13.8. The van der Waals surface area contributed by atoms with Crippen LogP contribution in [0.25, 0.3) is 0 Å². The van der Waals surface area contributed by atoms with Crippen LogP contribution in [-0.4, -0.2) is 76.0 Å². The number of carboxylic acids is 1. The molecule has 8 nitrogen and oxygen atoms in total. The summed E-state index contributed by atoms with van der Waals surface area (Å²) in [6.07, 6.45) is 4.14. The fraction of sp³-hybridized carbons (Fsp3) is 0.688. The Labute approximate surface area is 141 Å². The third-order valence-corrected chi connectivity index (χ3v) is 4.85. The van der Waals surface area contributed by atoms with Crippen LogP contribution >= 0.6 is 0 Å². The second-order valence-corrected chi connectivity index (χ2v) is 6.42. The van der Waals surface area contributed by atoms with Crippen LogP contribution < -0.4 is 0 Å². The molecule has 0 bridgehead atoms. The maximum absolute atomic E-state index is 12.5. The fourth-order valence-electron chi connectivity index (χ4n) is 3.55. The van der Waals surface area contributed by atoms with Crippen molar-refractivity contribution in [3.63, 3.8) is 0 Å². The largest absolute Gasteiger partial charge is 0.481 e. The number of aryl methyl sites for hydroxylation is 1. The Morgan fingerprint density at radius 3 is 2.75 bits per heavy atom. The SMILES string of the molecule is Cn1cc([C@@H]2[C@H](C(=O)O)CCC(=O)N2CCN2CCOCC2)cn1. The zero-order valence-corrected chi connectivity index (χ0v) is 13.9. The summed E-state index contributed by atoms with van der Waals surface area (Å²) < 4.78 is 6.99. The van der Waals surface area contributed by atoms with Crippen LogP contribution in [0.3, 0.4) is 0 Å². The maximum Gasteiger partial charge on any atom is 0.308 e. The van der Waals surface area contributed by atoms with Crippen molar-refractivity contribution in [3.8, 4) is 0 Å². The molecule has 132 valence electrons. The van der Waals surface area contributed by atoms with Crippen molar-refractivity contribution >= 4 is 11.9 Å². The van der Waals surface area contributed by atoms with Gasteiger partial charge in [0, 0.05) is 51.4 Å². The van der Waals surface area contributed by atoms with E-state index in [4.69, 9.17) is 4.74 Å². The second kappa shape index (κ2) is 7.31. The molecule has 0 spiro atoms. The Hall–Kier alpha value is -1.93. The third kappa shape index (κ3) is 3.59. The third-order valence-electron chi connectivity index (χ3n) is 4.85. The van der Waals surface area contributed by atoms with E-state index in [0.29, 0.717) is 26.2 Å². The molecule has 2 aliphatic rings. The number of piperidine rings is 1. The number of nitrogens with zero attached hydrogens (tertiary/aromatic N) is 4. The number of morpholine rings is 1. The van der Waals surface area contributed by atoms with Gasteiger partial charge in [-0.05, 0) is 6.42 Å². The fourth-order valence-corrected chi connectivity index (χ4v) is 3.55. The molecule has 1 aromatic heterocycles. The molecule has 1 amide bonds. The number of aliphatic carboxylic acids is 1. The molecule has 2 fully saturated rings. The minimum Gasteiger partial charge on any atom is -0.481 e. The topological polar surface area (TPSA) is 87.9 Å². The summed E-state index contributed by atoms with van der Waals surface area (Å²) in [6.45, 7) is 4.37. The van der Waals surface area contributed by atoms with Gasteiger partial charge in [-0.3, -0.25) is 19.2 Å². The molecule has 0 unspecified atom stereocenters. The first-order valence-electron chi connectivity index (χ1n) is 8.37. The van der Waals surface area contributed by atoms with Gasteiger partial charge < -0.3 is 14.7 Å². The number of ether oxygens (including phenoxy) is 1. The molecule has 2 saturated heterocycles. The Balaban J connectivity index is 1.78. The van der Waals surface area contributed by atoms with E-state index in [1.165, 1.54) is 0 Å². The summed E-state index contributed by atoms with van der Waals surface area (Å²) in [5.74, 6) is -1.42. The summed E-state index contributed by atoms with van der Waals surface area (Å²) >= 11 is 0. The summed E-state index contributed by atoms with van der Waals surface area (Å²) in [4.78, 5) is 28.2. The number of aromatic nitrogens is 2. The van der Waals surface area contributed by atoms with Crippen molar-refractivity contribution < 1.29 is 19.4 Å². The lowest BCUT2D eigenvalue weighted by atomic mass is 9.85. The summed E-state index contributed by atoms with van der Waals surface area (Å²) in [5.41, 5.74) is 0.792. The molecule has 2 atom stereocenters. The number of carbonyl (C=O) groups is 2. The first-order valence-corrected chi connectivity index (χ1v) is 8.37. The average Bonchev–Trinajstić information content (AvgIpc) is 3.00. The summed E-state index contributed by atoms with van der Waals surface area (Å²) in [6, 6.07) is -0.446. The van der Waals surface area contributed by atoms with Crippen molar-refractivity contribution in [3.05, 3.63) is 18.0 Å². The van der Waals surface area contributed by atoms with Crippen molar-refractivity contribution in [1.82, 2.24) is 19.6 Å². The highest BCUT2D eigenvalue weighted by Gasteiger charge is 2.41. The Morgan fingerprint density at radius 2 is 2.12 bits per heavy atom. The van der Waals surface area contributed by atoms with Gasteiger partial charge in [-0.15, -0.1) is 0 Å². The van der Waals surface area contributed by atoms with E-state index in [0.717, 1.165) is 25.2 Å². The zero-order chi connectivity index (χ0) is 17.1. The van der Waals surface area contributed by atoms with Crippen LogP contribution in [0.15, 0.2) is 12.4 Å². The van der Waals surface area contributed by atoms with Crippen LogP contribution in [0.1, 0.15) is 24.4 Å². The highest BCUT2D eigenvalue weighted by Crippen LogP contribution is 2.36. The number of hydrogen-bond acceptors (Lipinski definition) is 5. The number of rotatable bonds is 5. The van der Waals surface area contributed by atoms with Crippen molar-refractivity contribution in [2.75, 3.05) is 39.4 Å². The highest BCUT2D eigenvalue weighted by molar-refractivity contribution is 5.81. The number of hydrogen-bond donors (Lipinski definition) is 1. The molecule has 2 aliphatic heterocycles. The first-order chi connectivity index (χ1) is 11.6. The summed E-state index contributed by atoms with van der Waals surface area (Å²) in [7, 11) is 1.79. The Kier molecular flexibility index (Phi) is 5.15. The molecular weight excluding hydrogens is 312 g/mol. The predicted molar refractivity (Wildman–Crippen MR) is 85.3 cm³/mol. The normalized spacial score (nSPS) is 25.9. The van der Waals surface area contributed by atoms with Gasteiger partial charge in [0.1, 0.15) is 0 Å². The lowest BCUT2D eigenvalue weighted by Gasteiger charge is -2.40. The van der Waals surface area contributed by atoms with E-state index in [1.807, 2.05) is 0 Å². The lowest BCUT2D eigenvalue weighted by Crippen LogP contribution is -2.49. The molecule has 0 aromatic carbocycles. The zero-order valence-electron chi connectivity index (χ0n) is 13.9. The van der Waals surface area contributed by atoms with Crippen LogP contribution in [0.4, 0.5) is 0 Å². The molecule has 1 N–H and O–H groups in total. The molecule has 1 aromatic rings. The standard InChI is InChI=1S/C16H24N4O4/c1-18-11-12(10-17-18)15-13(16(22)23)2-3-14(21)20(15)5-4-19-6-8-24-9-7-19/h10-11,13,15H,2-9H2,1H3,(H,22,23)/t13-,15-/m1/s1. The van der Waals surface area contributed by atoms with Gasteiger partial charge in [0.2, 0.25) is 5.91 Å². The van der Waals surface area contributed by atoms with Gasteiger partial charge in [0.05, 0.1) is 31.4 Å². The number of carbonyl (C=O) groups excluding carboxylic acids is 1. The minimum absolute atomic E-state index is 0.0228. The minimum atomic E-state index is -0.854. The van der Waals surface area contributed by atoms with Gasteiger partial charge in [0.25, 0.3) is 0 Å². The van der Waals surface area contributed by atoms with E-state index in [9.17, 15) is 14.7 Å². The van der Waals surface area contributed by atoms with E-state index in [2.05, 4.69) is 10.00 Å².